The van der Waals surface area contributed by atoms with Crippen LogP contribution in [0, 0.1) is 11.2 Å². The summed E-state index contributed by atoms with van der Waals surface area (Å²) in [4.78, 5) is 12.1. The van der Waals surface area contributed by atoms with Gasteiger partial charge in [0.05, 0.1) is 6.10 Å². The first-order valence-corrected chi connectivity index (χ1v) is 7.95. The summed E-state index contributed by atoms with van der Waals surface area (Å²) >= 11 is 0. The largest absolute Gasteiger partial charge is 0.387 e. The van der Waals surface area contributed by atoms with Crippen LogP contribution in [0.4, 0.5) is 4.39 Å². The Morgan fingerprint density at radius 3 is 2.73 bits per heavy atom. The van der Waals surface area contributed by atoms with E-state index in [9.17, 15) is 14.3 Å². The number of hydrogen-bond acceptors (Lipinski definition) is 3. The monoisotopic (exact) mass is 308 g/mol. The summed E-state index contributed by atoms with van der Waals surface area (Å²) in [6, 6.07) is 5.78. The van der Waals surface area contributed by atoms with E-state index in [2.05, 4.69) is 5.32 Å². The van der Waals surface area contributed by atoms with Gasteiger partial charge in [-0.2, -0.15) is 0 Å². The molecule has 1 atom stereocenters. The molecule has 1 aromatic carbocycles. The van der Waals surface area contributed by atoms with Crippen LogP contribution < -0.4 is 11.1 Å². The number of aliphatic hydroxyl groups excluding tert-OH is 1. The molecular weight excluding hydrogens is 283 g/mol. The maximum atomic E-state index is 13.1. The third-order valence-electron chi connectivity index (χ3n) is 4.61. The average Bonchev–Trinajstić information content (AvgIpc) is 2.53. The molecule has 0 aromatic heterocycles. The lowest BCUT2D eigenvalue weighted by molar-refractivity contribution is -0.124. The molecule has 122 valence electrons. The van der Waals surface area contributed by atoms with Crippen molar-refractivity contribution in [2.24, 2.45) is 11.1 Å². The number of carbonyl (C=O) groups excluding carboxylic acids is 1. The minimum absolute atomic E-state index is 0.0862. The van der Waals surface area contributed by atoms with E-state index in [0.29, 0.717) is 18.5 Å². The highest BCUT2D eigenvalue weighted by atomic mass is 19.1. The minimum Gasteiger partial charge on any atom is -0.387 e. The summed E-state index contributed by atoms with van der Waals surface area (Å²) in [5.74, 6) is -0.491. The fourth-order valence-electron chi connectivity index (χ4n) is 3.20. The van der Waals surface area contributed by atoms with Crippen molar-refractivity contribution < 1.29 is 14.3 Å². The molecule has 4 nitrogen and oxygen atoms in total. The van der Waals surface area contributed by atoms with Gasteiger partial charge in [-0.3, -0.25) is 4.79 Å². The Bertz CT molecular complexity index is 501. The Hall–Kier alpha value is -1.46. The van der Waals surface area contributed by atoms with E-state index >= 15 is 0 Å². The predicted molar refractivity (Wildman–Crippen MR) is 83.6 cm³/mol. The molecule has 0 bridgehead atoms. The third kappa shape index (κ3) is 4.52. The molecule has 0 heterocycles. The molecular formula is C17H25FN2O2. The Morgan fingerprint density at radius 1 is 1.36 bits per heavy atom. The molecule has 1 fully saturated rings. The zero-order valence-electron chi connectivity index (χ0n) is 12.9. The maximum absolute atomic E-state index is 13.1. The number of carbonyl (C=O) groups is 1. The lowest BCUT2D eigenvalue weighted by atomic mass is 9.71. The molecule has 5 heteroatoms. The van der Waals surface area contributed by atoms with Crippen LogP contribution in [0.3, 0.4) is 0 Å². The van der Waals surface area contributed by atoms with Crippen LogP contribution in [0.2, 0.25) is 0 Å². The van der Waals surface area contributed by atoms with Crippen LogP contribution in [0.5, 0.6) is 0 Å². The van der Waals surface area contributed by atoms with E-state index < -0.39 is 11.9 Å². The van der Waals surface area contributed by atoms with Crippen molar-refractivity contribution in [2.75, 3.05) is 13.1 Å². The third-order valence-corrected chi connectivity index (χ3v) is 4.61. The molecule has 0 saturated heterocycles. The van der Waals surface area contributed by atoms with Gasteiger partial charge in [-0.1, -0.05) is 31.4 Å². The van der Waals surface area contributed by atoms with Crippen molar-refractivity contribution in [3.63, 3.8) is 0 Å². The summed E-state index contributed by atoms with van der Waals surface area (Å²) in [6.45, 7) is 0.607. The molecule has 1 unspecified atom stereocenters. The minimum atomic E-state index is -0.903. The summed E-state index contributed by atoms with van der Waals surface area (Å²) in [7, 11) is 0. The van der Waals surface area contributed by atoms with E-state index in [1.54, 1.807) is 12.1 Å². The number of aliphatic hydroxyl groups is 1. The Balaban J connectivity index is 1.84. The van der Waals surface area contributed by atoms with Crippen molar-refractivity contribution in [2.45, 2.75) is 44.6 Å². The smallest absolute Gasteiger partial charge is 0.220 e. The molecule has 1 aromatic rings. The van der Waals surface area contributed by atoms with Crippen molar-refractivity contribution in [3.05, 3.63) is 35.6 Å². The lowest BCUT2D eigenvalue weighted by Gasteiger charge is -2.35. The van der Waals surface area contributed by atoms with Crippen LogP contribution in [-0.2, 0) is 4.79 Å². The van der Waals surface area contributed by atoms with E-state index in [-0.39, 0.29) is 17.9 Å². The normalized spacial score (nSPS) is 18.7. The van der Waals surface area contributed by atoms with Crippen LogP contribution >= 0.6 is 0 Å². The number of nitrogens with two attached hydrogens (primary N) is 1. The lowest BCUT2D eigenvalue weighted by Crippen LogP contribution is -2.39. The Kier molecular flexibility index (Phi) is 5.91. The Labute approximate surface area is 130 Å². The van der Waals surface area contributed by atoms with Gasteiger partial charge in [0.25, 0.3) is 0 Å². The summed E-state index contributed by atoms with van der Waals surface area (Å²) < 4.78 is 13.1. The van der Waals surface area contributed by atoms with Crippen molar-refractivity contribution in [1.29, 1.82) is 0 Å². The van der Waals surface area contributed by atoms with Gasteiger partial charge < -0.3 is 16.2 Å². The van der Waals surface area contributed by atoms with Crippen molar-refractivity contribution in [1.82, 2.24) is 5.32 Å². The average molecular weight is 308 g/mol. The molecule has 0 aliphatic heterocycles. The van der Waals surface area contributed by atoms with E-state index in [1.807, 2.05) is 0 Å². The van der Waals surface area contributed by atoms with Gasteiger partial charge >= 0.3 is 0 Å². The second-order valence-corrected chi connectivity index (χ2v) is 6.32. The second kappa shape index (κ2) is 7.70. The van der Waals surface area contributed by atoms with E-state index in [4.69, 9.17) is 5.73 Å². The number of rotatable bonds is 6. The van der Waals surface area contributed by atoms with Crippen molar-refractivity contribution in [3.8, 4) is 0 Å². The number of amides is 1. The first-order chi connectivity index (χ1) is 10.5. The molecule has 0 spiro atoms. The first kappa shape index (κ1) is 16.9. The molecule has 1 aliphatic rings. The fraction of sp³-hybridized carbons (Fsp3) is 0.588. The standard InChI is InChI=1S/C17H25FN2O2/c18-14-6-4-5-13(9-14)15(21)11-20-16(22)10-17(12-19)7-2-1-3-8-17/h4-6,9,15,21H,1-3,7-8,10-12,19H2,(H,20,22). The van der Waals surface area contributed by atoms with Gasteiger partial charge in [0, 0.05) is 13.0 Å². The fourth-order valence-corrected chi connectivity index (χ4v) is 3.20. The topological polar surface area (TPSA) is 75.4 Å². The van der Waals surface area contributed by atoms with Gasteiger partial charge in [-0.05, 0) is 42.5 Å². The zero-order chi connectivity index (χ0) is 16.0. The highest BCUT2D eigenvalue weighted by Gasteiger charge is 2.32. The van der Waals surface area contributed by atoms with Gasteiger partial charge in [0.2, 0.25) is 5.91 Å². The zero-order valence-corrected chi connectivity index (χ0v) is 12.9. The van der Waals surface area contributed by atoms with Crippen LogP contribution in [0.25, 0.3) is 0 Å². The molecule has 1 aliphatic carbocycles. The number of hydrogen-bond donors (Lipinski definition) is 3. The molecule has 1 amide bonds. The maximum Gasteiger partial charge on any atom is 0.220 e. The second-order valence-electron chi connectivity index (χ2n) is 6.32. The summed E-state index contributed by atoms with van der Waals surface area (Å²) in [5.41, 5.74) is 6.25. The van der Waals surface area contributed by atoms with Gasteiger partial charge in [0.1, 0.15) is 5.82 Å². The molecule has 0 radical (unpaired) electrons. The predicted octanol–water partition coefficient (Wildman–Crippen LogP) is 2.27. The van der Waals surface area contributed by atoms with Gasteiger partial charge in [-0.15, -0.1) is 0 Å². The Morgan fingerprint density at radius 2 is 2.09 bits per heavy atom. The van der Waals surface area contributed by atoms with Crippen LogP contribution in [-0.4, -0.2) is 24.1 Å². The number of halogens is 1. The van der Waals surface area contributed by atoms with Gasteiger partial charge in [-0.25, -0.2) is 4.39 Å². The van der Waals surface area contributed by atoms with Crippen LogP contribution in [0.15, 0.2) is 24.3 Å². The van der Waals surface area contributed by atoms with E-state index in [0.717, 1.165) is 25.7 Å². The van der Waals surface area contributed by atoms with Gasteiger partial charge in [0.15, 0.2) is 0 Å². The highest BCUT2D eigenvalue weighted by molar-refractivity contribution is 5.76. The molecule has 2 rings (SSSR count). The summed E-state index contributed by atoms with van der Waals surface area (Å²) in [6.07, 6.45) is 4.93. The van der Waals surface area contributed by atoms with E-state index in [1.165, 1.54) is 18.6 Å². The summed E-state index contributed by atoms with van der Waals surface area (Å²) in [5, 5.41) is 12.8. The quantitative estimate of drug-likeness (QED) is 0.754. The highest BCUT2D eigenvalue weighted by Crippen LogP contribution is 2.38. The SMILES string of the molecule is NCC1(CC(=O)NCC(O)c2cccc(F)c2)CCCCC1. The molecule has 22 heavy (non-hydrogen) atoms. The molecule has 4 N–H and O–H groups in total. The number of nitrogens with one attached hydrogen (secondary N) is 1. The first-order valence-electron chi connectivity index (χ1n) is 7.95. The van der Waals surface area contributed by atoms with Crippen molar-refractivity contribution >= 4 is 5.91 Å². The molecule has 1 saturated carbocycles. The number of benzene rings is 1. The van der Waals surface area contributed by atoms with Crippen LogP contribution in [0.1, 0.15) is 50.2 Å².